The standard InChI is InChI=1S/C13H17ClN2O/c1-15-8-9-16-12(17)13(6-7-13)10-2-4-11(14)5-3-10/h2-5,15H,6-9H2,1H3,(H,16,17). The first-order valence-corrected chi connectivity index (χ1v) is 6.26. The highest BCUT2D eigenvalue weighted by Crippen LogP contribution is 2.48. The summed E-state index contributed by atoms with van der Waals surface area (Å²) in [5, 5.41) is 6.68. The van der Waals surface area contributed by atoms with Gasteiger partial charge in [0.2, 0.25) is 5.91 Å². The summed E-state index contributed by atoms with van der Waals surface area (Å²) in [5.74, 6) is 0.134. The first kappa shape index (κ1) is 12.4. The van der Waals surface area contributed by atoms with Gasteiger partial charge in [-0.1, -0.05) is 23.7 Å². The van der Waals surface area contributed by atoms with E-state index in [1.54, 1.807) is 0 Å². The number of carbonyl (C=O) groups is 1. The van der Waals surface area contributed by atoms with Crippen molar-refractivity contribution in [3.05, 3.63) is 34.9 Å². The number of hydrogen-bond acceptors (Lipinski definition) is 2. The van der Waals surface area contributed by atoms with Gasteiger partial charge in [0.25, 0.3) is 0 Å². The quantitative estimate of drug-likeness (QED) is 0.784. The minimum absolute atomic E-state index is 0.134. The zero-order chi connectivity index (χ0) is 12.3. The smallest absolute Gasteiger partial charge is 0.230 e. The fourth-order valence-electron chi connectivity index (χ4n) is 2.01. The van der Waals surface area contributed by atoms with Crippen molar-refractivity contribution < 1.29 is 4.79 Å². The summed E-state index contributed by atoms with van der Waals surface area (Å²) in [6.45, 7) is 1.47. The lowest BCUT2D eigenvalue weighted by molar-refractivity contribution is -0.123. The second-order valence-electron chi connectivity index (χ2n) is 4.45. The van der Waals surface area contributed by atoms with Gasteiger partial charge in [-0.15, -0.1) is 0 Å². The summed E-state index contributed by atoms with van der Waals surface area (Å²) in [7, 11) is 1.87. The molecule has 3 nitrogen and oxygen atoms in total. The molecule has 1 aliphatic rings. The Morgan fingerprint density at radius 3 is 2.47 bits per heavy atom. The summed E-state index contributed by atoms with van der Waals surface area (Å²) in [6.07, 6.45) is 1.86. The van der Waals surface area contributed by atoms with Crippen molar-refractivity contribution in [2.24, 2.45) is 0 Å². The number of nitrogens with one attached hydrogen (secondary N) is 2. The van der Waals surface area contributed by atoms with E-state index in [1.807, 2.05) is 31.3 Å². The lowest BCUT2D eigenvalue weighted by Gasteiger charge is -2.15. The van der Waals surface area contributed by atoms with Gasteiger partial charge in [0.15, 0.2) is 0 Å². The molecule has 1 aliphatic carbocycles. The molecule has 0 atom stereocenters. The van der Waals surface area contributed by atoms with E-state index >= 15 is 0 Å². The van der Waals surface area contributed by atoms with Crippen LogP contribution in [-0.2, 0) is 10.2 Å². The maximum absolute atomic E-state index is 12.1. The highest BCUT2D eigenvalue weighted by Gasteiger charge is 2.50. The molecule has 0 radical (unpaired) electrons. The van der Waals surface area contributed by atoms with Gasteiger partial charge in [-0.3, -0.25) is 4.79 Å². The van der Waals surface area contributed by atoms with E-state index in [4.69, 9.17) is 11.6 Å². The molecule has 0 bridgehead atoms. The largest absolute Gasteiger partial charge is 0.354 e. The van der Waals surface area contributed by atoms with E-state index in [0.717, 1.165) is 24.9 Å². The van der Waals surface area contributed by atoms with Crippen LogP contribution in [0, 0.1) is 0 Å². The number of halogens is 1. The zero-order valence-electron chi connectivity index (χ0n) is 9.92. The molecule has 0 saturated heterocycles. The van der Waals surface area contributed by atoms with Crippen molar-refractivity contribution in [2.45, 2.75) is 18.3 Å². The van der Waals surface area contributed by atoms with Gasteiger partial charge in [0.1, 0.15) is 0 Å². The first-order valence-electron chi connectivity index (χ1n) is 5.88. The van der Waals surface area contributed by atoms with Crippen molar-refractivity contribution in [1.82, 2.24) is 10.6 Å². The van der Waals surface area contributed by atoms with Crippen LogP contribution < -0.4 is 10.6 Å². The summed E-state index contributed by atoms with van der Waals surface area (Å²) in [6, 6.07) is 7.59. The Hall–Kier alpha value is -1.06. The van der Waals surface area contributed by atoms with Gasteiger partial charge in [-0.25, -0.2) is 0 Å². The molecule has 92 valence electrons. The number of rotatable bonds is 5. The fourth-order valence-corrected chi connectivity index (χ4v) is 2.14. The molecular formula is C13H17ClN2O. The molecule has 0 aromatic heterocycles. The van der Waals surface area contributed by atoms with Gasteiger partial charge in [-0.2, -0.15) is 0 Å². The van der Waals surface area contributed by atoms with Gasteiger partial charge < -0.3 is 10.6 Å². The Bertz CT molecular complexity index is 398. The molecular weight excluding hydrogens is 236 g/mol. The van der Waals surface area contributed by atoms with Crippen molar-refractivity contribution in [3.63, 3.8) is 0 Å². The Kier molecular flexibility index (Phi) is 3.69. The van der Waals surface area contributed by atoms with Crippen molar-refractivity contribution >= 4 is 17.5 Å². The van der Waals surface area contributed by atoms with Crippen LogP contribution in [0.2, 0.25) is 5.02 Å². The van der Waals surface area contributed by atoms with Gasteiger partial charge in [0, 0.05) is 18.1 Å². The normalized spacial score (nSPS) is 16.6. The van der Waals surface area contributed by atoms with Gasteiger partial charge >= 0.3 is 0 Å². The SMILES string of the molecule is CNCCNC(=O)C1(c2ccc(Cl)cc2)CC1. The highest BCUT2D eigenvalue weighted by atomic mass is 35.5. The summed E-state index contributed by atoms with van der Waals surface area (Å²) in [4.78, 5) is 12.1. The highest BCUT2D eigenvalue weighted by molar-refractivity contribution is 6.30. The van der Waals surface area contributed by atoms with Crippen LogP contribution >= 0.6 is 11.6 Å². The predicted octanol–water partition coefficient (Wildman–Crippen LogP) is 1.71. The van der Waals surface area contributed by atoms with Crippen LogP contribution in [0.1, 0.15) is 18.4 Å². The van der Waals surface area contributed by atoms with Crippen molar-refractivity contribution in [3.8, 4) is 0 Å². The molecule has 0 unspecified atom stereocenters. The molecule has 2 N–H and O–H groups in total. The fraction of sp³-hybridized carbons (Fsp3) is 0.462. The molecule has 1 amide bonds. The van der Waals surface area contributed by atoms with E-state index in [2.05, 4.69) is 10.6 Å². The molecule has 1 saturated carbocycles. The summed E-state index contributed by atoms with van der Waals surface area (Å²) >= 11 is 5.86. The number of hydrogen-bond donors (Lipinski definition) is 2. The van der Waals surface area contributed by atoms with Gasteiger partial charge in [-0.05, 0) is 37.6 Å². The Balaban J connectivity index is 2.03. The molecule has 0 spiro atoms. The number of amides is 1. The molecule has 2 rings (SSSR count). The molecule has 1 fully saturated rings. The maximum atomic E-state index is 12.1. The lowest BCUT2D eigenvalue weighted by atomic mass is 9.95. The third-order valence-electron chi connectivity index (χ3n) is 3.24. The second kappa shape index (κ2) is 5.07. The number of likely N-dealkylation sites (N-methyl/N-ethyl adjacent to an activating group) is 1. The molecule has 17 heavy (non-hydrogen) atoms. The van der Waals surface area contributed by atoms with Gasteiger partial charge in [0.05, 0.1) is 5.41 Å². The van der Waals surface area contributed by atoms with Crippen molar-refractivity contribution in [1.29, 1.82) is 0 Å². The van der Waals surface area contributed by atoms with Crippen LogP contribution in [0.5, 0.6) is 0 Å². The zero-order valence-corrected chi connectivity index (χ0v) is 10.7. The third kappa shape index (κ3) is 2.61. The van der Waals surface area contributed by atoms with E-state index < -0.39 is 0 Å². The molecule has 1 aromatic carbocycles. The van der Waals surface area contributed by atoms with Crippen LogP contribution in [0.25, 0.3) is 0 Å². The molecule has 4 heteroatoms. The minimum atomic E-state index is -0.293. The van der Waals surface area contributed by atoms with Crippen molar-refractivity contribution in [2.75, 3.05) is 20.1 Å². The van der Waals surface area contributed by atoms with E-state index in [9.17, 15) is 4.79 Å². The minimum Gasteiger partial charge on any atom is -0.354 e. The maximum Gasteiger partial charge on any atom is 0.230 e. The summed E-state index contributed by atoms with van der Waals surface area (Å²) < 4.78 is 0. The van der Waals surface area contributed by atoms with E-state index in [1.165, 1.54) is 0 Å². The Morgan fingerprint density at radius 2 is 1.94 bits per heavy atom. The van der Waals surface area contributed by atoms with E-state index in [-0.39, 0.29) is 11.3 Å². The molecule has 1 aromatic rings. The Labute approximate surface area is 107 Å². The topological polar surface area (TPSA) is 41.1 Å². The summed E-state index contributed by atoms with van der Waals surface area (Å²) in [5.41, 5.74) is 0.780. The lowest BCUT2D eigenvalue weighted by Crippen LogP contribution is -2.38. The number of carbonyl (C=O) groups excluding carboxylic acids is 1. The third-order valence-corrected chi connectivity index (χ3v) is 3.49. The number of benzene rings is 1. The average Bonchev–Trinajstić information content (AvgIpc) is 3.11. The predicted molar refractivity (Wildman–Crippen MR) is 69.3 cm³/mol. The Morgan fingerprint density at radius 1 is 1.29 bits per heavy atom. The first-order chi connectivity index (χ1) is 8.19. The molecule has 0 aliphatic heterocycles. The van der Waals surface area contributed by atoms with Crippen LogP contribution in [-0.4, -0.2) is 26.0 Å². The second-order valence-corrected chi connectivity index (χ2v) is 4.88. The van der Waals surface area contributed by atoms with E-state index in [0.29, 0.717) is 11.6 Å². The van der Waals surface area contributed by atoms with Crippen LogP contribution in [0.15, 0.2) is 24.3 Å². The van der Waals surface area contributed by atoms with Crippen LogP contribution in [0.3, 0.4) is 0 Å². The average molecular weight is 253 g/mol. The monoisotopic (exact) mass is 252 g/mol. The van der Waals surface area contributed by atoms with Crippen LogP contribution in [0.4, 0.5) is 0 Å². The molecule has 0 heterocycles.